The monoisotopic (exact) mass is 470 g/mol. The van der Waals surface area contributed by atoms with Crippen molar-refractivity contribution >= 4 is 51.0 Å². The fraction of sp³-hybridized carbons (Fsp3) is 0.286. The largest absolute Gasteiger partial charge is 0.493 e. The van der Waals surface area contributed by atoms with Crippen LogP contribution in [0.2, 0.25) is 0 Å². The van der Waals surface area contributed by atoms with E-state index in [-0.39, 0.29) is 10.9 Å². The molecule has 172 valence electrons. The quantitative estimate of drug-likeness (QED) is 0.327. The van der Waals surface area contributed by atoms with Gasteiger partial charge in [0.15, 0.2) is 11.5 Å². The molecule has 1 aliphatic heterocycles. The Kier molecular flexibility index (Phi) is 6.27. The molecule has 2 N–H and O–H groups in total. The molecular formula is C21H22N6O5S. The molecule has 1 aromatic carbocycles. The maximum absolute atomic E-state index is 12.5. The number of aromatic nitrogens is 2. The molecule has 0 saturated carbocycles. The number of nitrogens with two attached hydrogens (primary N) is 1. The molecule has 0 spiro atoms. The molecule has 0 bridgehead atoms. The van der Waals surface area contributed by atoms with Crippen LogP contribution in [-0.4, -0.2) is 66.1 Å². The summed E-state index contributed by atoms with van der Waals surface area (Å²) in [5, 5.41) is 11.5. The van der Waals surface area contributed by atoms with E-state index in [4.69, 9.17) is 15.2 Å². The minimum Gasteiger partial charge on any atom is -0.493 e. The van der Waals surface area contributed by atoms with Crippen LogP contribution in [0.4, 0.5) is 16.8 Å². The Morgan fingerprint density at radius 3 is 2.48 bits per heavy atom. The SMILES string of the molecule is COc1cc2nc(N3CCN(C(=O)/C=C/c4ccc([N+](=O)[O-])s4)CC3)nc(N)c2cc1OC. The number of benzene rings is 1. The van der Waals surface area contributed by atoms with Gasteiger partial charge in [-0.2, -0.15) is 4.98 Å². The molecule has 1 saturated heterocycles. The number of hydrogen-bond donors (Lipinski definition) is 1. The standard InChI is InChI=1S/C21H22N6O5S/c1-31-16-11-14-15(12-17(16)32-2)23-21(24-20(14)22)26-9-7-25(8-10-26)18(28)5-3-13-4-6-19(33-13)27(29)30/h3-6,11-12H,7-10H2,1-2H3,(H2,22,23,24)/b5-3+. The van der Waals surface area contributed by atoms with Crippen molar-refractivity contribution in [2.45, 2.75) is 0 Å². The Hall–Kier alpha value is -3.93. The van der Waals surface area contributed by atoms with E-state index in [0.29, 0.717) is 65.2 Å². The van der Waals surface area contributed by atoms with Crippen LogP contribution in [0.25, 0.3) is 17.0 Å². The molecule has 0 aliphatic carbocycles. The average molecular weight is 471 g/mol. The summed E-state index contributed by atoms with van der Waals surface area (Å²) >= 11 is 1.02. The second kappa shape index (κ2) is 9.28. The van der Waals surface area contributed by atoms with Gasteiger partial charge in [-0.15, -0.1) is 0 Å². The molecule has 33 heavy (non-hydrogen) atoms. The fourth-order valence-electron chi connectivity index (χ4n) is 3.52. The molecule has 3 aromatic rings. The van der Waals surface area contributed by atoms with E-state index in [0.717, 1.165) is 11.3 Å². The molecule has 11 nitrogen and oxygen atoms in total. The molecule has 12 heteroatoms. The van der Waals surface area contributed by atoms with Gasteiger partial charge in [0.05, 0.1) is 24.7 Å². The number of carbonyl (C=O) groups excluding carboxylic acids is 1. The lowest BCUT2D eigenvalue weighted by molar-refractivity contribution is -0.380. The van der Waals surface area contributed by atoms with Gasteiger partial charge >= 0.3 is 5.00 Å². The fourth-order valence-corrected chi connectivity index (χ4v) is 4.25. The lowest BCUT2D eigenvalue weighted by Crippen LogP contribution is -2.48. The highest BCUT2D eigenvalue weighted by molar-refractivity contribution is 7.16. The predicted octanol–water partition coefficient (Wildman–Crippen LogP) is 2.56. The first-order valence-corrected chi connectivity index (χ1v) is 10.9. The minimum atomic E-state index is -0.447. The van der Waals surface area contributed by atoms with Crippen LogP contribution in [0.3, 0.4) is 0 Å². The summed E-state index contributed by atoms with van der Waals surface area (Å²) in [5.41, 5.74) is 6.82. The van der Waals surface area contributed by atoms with Crippen LogP contribution in [0.1, 0.15) is 4.88 Å². The number of rotatable bonds is 6. The van der Waals surface area contributed by atoms with Crippen molar-refractivity contribution in [3.8, 4) is 11.5 Å². The second-order valence-electron chi connectivity index (χ2n) is 7.21. The maximum atomic E-state index is 12.5. The summed E-state index contributed by atoms with van der Waals surface area (Å²) in [7, 11) is 3.11. The second-order valence-corrected chi connectivity index (χ2v) is 8.31. The summed E-state index contributed by atoms with van der Waals surface area (Å²) in [5.74, 6) is 1.77. The van der Waals surface area contributed by atoms with Gasteiger partial charge in [0, 0.05) is 54.7 Å². The molecule has 0 unspecified atom stereocenters. The van der Waals surface area contributed by atoms with Gasteiger partial charge in [0.25, 0.3) is 0 Å². The average Bonchev–Trinajstić information content (AvgIpc) is 3.31. The summed E-state index contributed by atoms with van der Waals surface area (Å²) in [6.45, 7) is 2.06. The van der Waals surface area contributed by atoms with Crippen molar-refractivity contribution in [3.63, 3.8) is 0 Å². The number of hydrogen-bond acceptors (Lipinski definition) is 10. The van der Waals surface area contributed by atoms with E-state index >= 15 is 0 Å². The molecule has 1 aliphatic rings. The third-order valence-corrected chi connectivity index (χ3v) is 6.28. The number of anilines is 2. The molecular weight excluding hydrogens is 448 g/mol. The molecule has 3 heterocycles. The number of piperazine rings is 1. The number of fused-ring (bicyclic) bond motifs is 1. The number of nitro groups is 1. The van der Waals surface area contributed by atoms with Gasteiger partial charge in [-0.1, -0.05) is 11.3 Å². The predicted molar refractivity (Wildman–Crippen MR) is 126 cm³/mol. The summed E-state index contributed by atoms with van der Waals surface area (Å²) in [6, 6.07) is 6.55. The molecule has 2 aromatic heterocycles. The van der Waals surface area contributed by atoms with E-state index in [1.165, 1.54) is 12.1 Å². The van der Waals surface area contributed by atoms with Gasteiger partial charge in [-0.25, -0.2) is 4.98 Å². The number of ether oxygens (including phenoxy) is 2. The first-order chi connectivity index (χ1) is 15.9. The van der Waals surface area contributed by atoms with Crippen molar-refractivity contribution < 1.29 is 19.2 Å². The van der Waals surface area contributed by atoms with Crippen LogP contribution in [0.15, 0.2) is 30.3 Å². The lowest BCUT2D eigenvalue weighted by atomic mass is 10.2. The summed E-state index contributed by atoms with van der Waals surface area (Å²) < 4.78 is 10.7. The first kappa shape index (κ1) is 22.3. The number of nitrogen functional groups attached to an aromatic ring is 1. The van der Waals surface area contributed by atoms with Crippen LogP contribution >= 0.6 is 11.3 Å². The third-order valence-electron chi connectivity index (χ3n) is 5.28. The van der Waals surface area contributed by atoms with Crippen LogP contribution in [-0.2, 0) is 4.79 Å². The third kappa shape index (κ3) is 4.65. The lowest BCUT2D eigenvalue weighted by Gasteiger charge is -2.34. The Morgan fingerprint density at radius 2 is 1.85 bits per heavy atom. The Bertz CT molecular complexity index is 1240. The topological polar surface area (TPSA) is 137 Å². The van der Waals surface area contributed by atoms with Gasteiger partial charge in [-0.05, 0) is 18.2 Å². The van der Waals surface area contributed by atoms with Gasteiger partial charge in [0.1, 0.15) is 5.82 Å². The van der Waals surface area contributed by atoms with Crippen molar-refractivity contribution in [1.82, 2.24) is 14.9 Å². The highest BCUT2D eigenvalue weighted by Gasteiger charge is 2.23. The zero-order chi connectivity index (χ0) is 23.5. The van der Waals surface area contributed by atoms with E-state index in [2.05, 4.69) is 9.97 Å². The molecule has 4 rings (SSSR count). The van der Waals surface area contributed by atoms with Gasteiger partial charge < -0.3 is 25.0 Å². The molecule has 0 radical (unpaired) electrons. The first-order valence-electron chi connectivity index (χ1n) is 10.0. The van der Waals surface area contributed by atoms with E-state index in [1.54, 1.807) is 43.4 Å². The zero-order valence-electron chi connectivity index (χ0n) is 18.1. The summed E-state index contributed by atoms with van der Waals surface area (Å²) in [6.07, 6.45) is 3.04. The maximum Gasteiger partial charge on any atom is 0.324 e. The van der Waals surface area contributed by atoms with E-state index in [9.17, 15) is 14.9 Å². The number of thiophene rings is 1. The zero-order valence-corrected chi connectivity index (χ0v) is 18.9. The smallest absolute Gasteiger partial charge is 0.324 e. The highest BCUT2D eigenvalue weighted by Crippen LogP contribution is 2.34. The number of amides is 1. The molecule has 1 amide bonds. The van der Waals surface area contributed by atoms with Crippen LogP contribution < -0.4 is 20.1 Å². The van der Waals surface area contributed by atoms with Crippen molar-refractivity contribution in [2.24, 2.45) is 0 Å². The Labute approximate surface area is 193 Å². The van der Waals surface area contributed by atoms with E-state index in [1.807, 2.05) is 4.90 Å². The number of carbonyl (C=O) groups is 1. The van der Waals surface area contributed by atoms with Crippen molar-refractivity contribution in [3.05, 3.63) is 45.3 Å². The van der Waals surface area contributed by atoms with Crippen LogP contribution in [0, 0.1) is 10.1 Å². The highest BCUT2D eigenvalue weighted by atomic mass is 32.1. The number of nitrogens with zero attached hydrogens (tertiary/aromatic N) is 5. The molecule has 1 fully saturated rings. The van der Waals surface area contributed by atoms with Gasteiger partial charge in [-0.3, -0.25) is 14.9 Å². The van der Waals surface area contributed by atoms with Gasteiger partial charge in [0.2, 0.25) is 11.9 Å². The Balaban J connectivity index is 1.44. The molecule has 0 atom stereocenters. The van der Waals surface area contributed by atoms with Crippen LogP contribution in [0.5, 0.6) is 11.5 Å². The minimum absolute atomic E-state index is 0.0430. The van der Waals surface area contributed by atoms with Crippen molar-refractivity contribution in [2.75, 3.05) is 51.0 Å². The normalized spacial score (nSPS) is 14.1. The van der Waals surface area contributed by atoms with Crippen molar-refractivity contribution in [1.29, 1.82) is 0 Å². The summed E-state index contributed by atoms with van der Waals surface area (Å²) in [4.78, 5) is 36.3. The Morgan fingerprint density at radius 1 is 1.15 bits per heavy atom. The van der Waals surface area contributed by atoms with E-state index < -0.39 is 4.92 Å². The number of methoxy groups -OCH3 is 2.